The number of rotatable bonds is 9. The number of nitrogens with one attached hydrogen (secondary N) is 3. The number of aliphatic imine (C=N–C) groups is 1. The van der Waals surface area contributed by atoms with Crippen molar-refractivity contribution in [1.29, 1.82) is 0 Å². The molecule has 31 heavy (non-hydrogen) atoms. The molecule has 0 saturated carbocycles. The monoisotopic (exact) mass is 556 g/mol. The van der Waals surface area contributed by atoms with Crippen molar-refractivity contribution in [2.24, 2.45) is 4.99 Å². The molecule has 0 bridgehead atoms. The number of thiazole rings is 1. The fraction of sp³-hybridized carbons (Fsp3) is 0.500. The van der Waals surface area contributed by atoms with E-state index < -0.39 is 0 Å². The lowest BCUT2D eigenvalue weighted by molar-refractivity contribution is 0.0957. The fourth-order valence-corrected chi connectivity index (χ4v) is 4.34. The number of aryl methyl sites for hydroxylation is 1. The third-order valence-corrected chi connectivity index (χ3v) is 6.11. The zero-order chi connectivity index (χ0) is 21.2. The van der Waals surface area contributed by atoms with Crippen LogP contribution in [0.1, 0.15) is 40.7 Å². The van der Waals surface area contributed by atoms with Crippen molar-refractivity contribution in [2.75, 3.05) is 32.7 Å². The van der Waals surface area contributed by atoms with Gasteiger partial charge in [0.2, 0.25) is 0 Å². The summed E-state index contributed by atoms with van der Waals surface area (Å²) in [6, 6.07) is 11.1. The van der Waals surface area contributed by atoms with Gasteiger partial charge in [-0.2, -0.15) is 0 Å². The summed E-state index contributed by atoms with van der Waals surface area (Å²) in [7, 11) is 0. The summed E-state index contributed by atoms with van der Waals surface area (Å²) in [5, 5.41) is 9.55. The summed E-state index contributed by atoms with van der Waals surface area (Å²) in [6.07, 6.45) is 2.40. The van der Waals surface area contributed by atoms with Crippen LogP contribution in [-0.4, -0.2) is 60.5 Å². The van der Waals surface area contributed by atoms with Crippen LogP contribution in [0.4, 0.5) is 0 Å². The molecule has 7 nitrogen and oxygen atoms in total. The highest BCUT2D eigenvalue weighted by molar-refractivity contribution is 14.0. The molecule has 1 unspecified atom stereocenters. The van der Waals surface area contributed by atoms with E-state index in [1.54, 1.807) is 5.51 Å². The van der Waals surface area contributed by atoms with Crippen LogP contribution in [0.5, 0.6) is 0 Å². The smallest absolute Gasteiger partial charge is 0.263 e. The Morgan fingerprint density at radius 1 is 1.23 bits per heavy atom. The summed E-state index contributed by atoms with van der Waals surface area (Å²) in [6.45, 7) is 8.74. The zero-order valence-electron chi connectivity index (χ0n) is 18.3. The molecule has 0 aliphatic carbocycles. The summed E-state index contributed by atoms with van der Waals surface area (Å²) in [5.74, 6) is 0.730. The van der Waals surface area contributed by atoms with Crippen molar-refractivity contribution in [3.8, 4) is 0 Å². The van der Waals surface area contributed by atoms with Crippen molar-refractivity contribution in [3.63, 3.8) is 0 Å². The van der Waals surface area contributed by atoms with Gasteiger partial charge in [-0.25, -0.2) is 4.98 Å². The van der Waals surface area contributed by atoms with Crippen LogP contribution in [0.25, 0.3) is 0 Å². The van der Waals surface area contributed by atoms with Crippen LogP contribution in [0.15, 0.2) is 40.8 Å². The van der Waals surface area contributed by atoms with Crippen molar-refractivity contribution in [2.45, 2.75) is 39.3 Å². The zero-order valence-corrected chi connectivity index (χ0v) is 21.4. The van der Waals surface area contributed by atoms with E-state index in [2.05, 4.69) is 63.1 Å². The third-order valence-electron chi connectivity index (χ3n) is 5.19. The first-order valence-electron chi connectivity index (χ1n) is 10.7. The molecule has 1 aliphatic heterocycles. The second-order valence-corrected chi connectivity index (χ2v) is 8.28. The molecule has 1 atom stereocenters. The van der Waals surface area contributed by atoms with Crippen LogP contribution in [-0.2, 0) is 6.54 Å². The number of halogens is 1. The lowest BCUT2D eigenvalue weighted by Gasteiger charge is -2.23. The number of hydrogen-bond donors (Lipinski definition) is 3. The minimum atomic E-state index is -0.0683. The largest absolute Gasteiger partial charge is 0.357 e. The minimum absolute atomic E-state index is 0. The summed E-state index contributed by atoms with van der Waals surface area (Å²) in [4.78, 5) is 24.3. The van der Waals surface area contributed by atoms with E-state index in [4.69, 9.17) is 4.99 Å². The normalized spacial score (nSPS) is 16.6. The molecular formula is C22H33IN6OS. The molecule has 3 N–H and O–H groups in total. The highest BCUT2D eigenvalue weighted by Gasteiger charge is 2.24. The Hall–Kier alpha value is -1.72. The maximum absolute atomic E-state index is 12.2. The lowest BCUT2D eigenvalue weighted by Crippen LogP contribution is -2.42. The van der Waals surface area contributed by atoms with Gasteiger partial charge in [-0.1, -0.05) is 30.3 Å². The van der Waals surface area contributed by atoms with Gasteiger partial charge in [-0.3, -0.25) is 14.7 Å². The van der Waals surface area contributed by atoms with E-state index in [1.165, 1.54) is 29.7 Å². The Bertz CT molecular complexity index is 828. The molecule has 0 spiro atoms. The van der Waals surface area contributed by atoms with E-state index in [-0.39, 0.29) is 29.9 Å². The number of aromatic nitrogens is 1. The van der Waals surface area contributed by atoms with Gasteiger partial charge in [-0.05, 0) is 38.8 Å². The summed E-state index contributed by atoms with van der Waals surface area (Å²) < 4.78 is 0. The van der Waals surface area contributed by atoms with E-state index in [0.717, 1.165) is 37.8 Å². The minimum Gasteiger partial charge on any atom is -0.357 e. The predicted octanol–water partition coefficient (Wildman–Crippen LogP) is 3.02. The Balaban J connectivity index is 0.00000341. The third kappa shape index (κ3) is 8.04. The van der Waals surface area contributed by atoms with Crippen molar-refractivity contribution >= 4 is 47.2 Å². The van der Waals surface area contributed by atoms with Gasteiger partial charge in [-0.15, -0.1) is 35.3 Å². The fourth-order valence-electron chi connectivity index (χ4n) is 3.62. The van der Waals surface area contributed by atoms with Gasteiger partial charge in [0.1, 0.15) is 4.88 Å². The maximum Gasteiger partial charge on any atom is 0.263 e. The SMILES string of the molecule is CCNC(=NCC1CCCN1Cc1ccccc1)NCCNC(=O)c1scnc1C.I. The van der Waals surface area contributed by atoms with Crippen LogP contribution < -0.4 is 16.0 Å². The number of benzene rings is 1. The van der Waals surface area contributed by atoms with Crippen LogP contribution in [0.2, 0.25) is 0 Å². The van der Waals surface area contributed by atoms with E-state index >= 15 is 0 Å². The molecule has 1 aromatic heterocycles. The van der Waals surface area contributed by atoms with Gasteiger partial charge >= 0.3 is 0 Å². The average Bonchev–Trinajstić information content (AvgIpc) is 3.38. The molecule has 1 aromatic carbocycles. The first kappa shape index (κ1) is 25.5. The van der Waals surface area contributed by atoms with Crippen molar-refractivity contribution in [3.05, 3.63) is 52.0 Å². The predicted molar refractivity (Wildman–Crippen MR) is 138 cm³/mol. The average molecular weight is 557 g/mol. The first-order chi connectivity index (χ1) is 14.7. The lowest BCUT2D eigenvalue weighted by atomic mass is 10.2. The number of nitrogens with zero attached hydrogens (tertiary/aromatic N) is 3. The van der Waals surface area contributed by atoms with Gasteiger partial charge in [0.25, 0.3) is 5.91 Å². The quantitative estimate of drug-likeness (QED) is 0.192. The molecular weight excluding hydrogens is 523 g/mol. The Morgan fingerprint density at radius 2 is 2.00 bits per heavy atom. The second-order valence-electron chi connectivity index (χ2n) is 7.42. The van der Waals surface area contributed by atoms with E-state index in [9.17, 15) is 4.79 Å². The van der Waals surface area contributed by atoms with Gasteiger partial charge in [0, 0.05) is 32.2 Å². The Morgan fingerprint density at radius 3 is 2.71 bits per heavy atom. The van der Waals surface area contributed by atoms with E-state index in [1.807, 2.05) is 6.92 Å². The molecule has 9 heteroatoms. The molecule has 170 valence electrons. The van der Waals surface area contributed by atoms with Gasteiger partial charge < -0.3 is 16.0 Å². The number of hydrogen-bond acceptors (Lipinski definition) is 5. The number of carbonyl (C=O) groups is 1. The van der Waals surface area contributed by atoms with Gasteiger partial charge in [0.15, 0.2) is 5.96 Å². The van der Waals surface area contributed by atoms with Crippen LogP contribution in [0.3, 0.4) is 0 Å². The van der Waals surface area contributed by atoms with Crippen molar-refractivity contribution in [1.82, 2.24) is 25.8 Å². The van der Waals surface area contributed by atoms with Crippen molar-refractivity contribution < 1.29 is 4.79 Å². The number of carbonyl (C=O) groups excluding carboxylic acids is 1. The molecule has 3 rings (SSSR count). The van der Waals surface area contributed by atoms with Crippen LogP contribution >= 0.6 is 35.3 Å². The van der Waals surface area contributed by atoms with Crippen LogP contribution in [0, 0.1) is 6.92 Å². The Kier molecular flexibility index (Phi) is 11.2. The first-order valence-corrected chi connectivity index (χ1v) is 11.5. The number of amides is 1. The topological polar surface area (TPSA) is 81.7 Å². The Labute approximate surface area is 206 Å². The second kappa shape index (κ2) is 13.6. The molecule has 2 heterocycles. The molecule has 1 amide bonds. The molecule has 0 radical (unpaired) electrons. The number of guanidine groups is 1. The molecule has 1 fully saturated rings. The highest BCUT2D eigenvalue weighted by Crippen LogP contribution is 2.20. The molecule has 1 aliphatic rings. The highest BCUT2D eigenvalue weighted by atomic mass is 127. The van der Waals surface area contributed by atoms with Gasteiger partial charge in [0.05, 0.1) is 17.7 Å². The number of likely N-dealkylation sites (tertiary alicyclic amines) is 1. The van der Waals surface area contributed by atoms with E-state index in [0.29, 0.717) is 24.0 Å². The molecule has 2 aromatic rings. The maximum atomic E-state index is 12.2. The standard InChI is InChI=1S/C22H32N6OS.HI/c1-3-23-22(25-12-11-24-21(29)20-17(2)27-16-30-20)26-14-19-10-7-13-28(19)15-18-8-5-4-6-9-18;/h4-6,8-9,16,19H,3,7,10-15H2,1-2H3,(H,24,29)(H2,23,25,26);1H. The summed E-state index contributed by atoms with van der Waals surface area (Å²) in [5.41, 5.74) is 3.82. The summed E-state index contributed by atoms with van der Waals surface area (Å²) >= 11 is 1.37. The molecule has 1 saturated heterocycles.